The lowest BCUT2D eigenvalue weighted by Crippen LogP contribution is -2.41. The van der Waals surface area contributed by atoms with Gasteiger partial charge in [0.25, 0.3) is 0 Å². The van der Waals surface area contributed by atoms with Gasteiger partial charge in [0.05, 0.1) is 6.61 Å². The number of amides is 2. The van der Waals surface area contributed by atoms with Crippen LogP contribution in [0.5, 0.6) is 0 Å². The highest BCUT2D eigenvalue weighted by atomic mass is 16.5. The van der Waals surface area contributed by atoms with Crippen molar-refractivity contribution in [1.82, 2.24) is 9.80 Å². The Hall–Kier alpha value is -1.30. The summed E-state index contributed by atoms with van der Waals surface area (Å²) in [6.45, 7) is 2.25. The SMILES string of the molecule is COCCN(C)C(=O)N1CCC(CC(=O)O)C1. The van der Waals surface area contributed by atoms with Crippen LogP contribution in [0.4, 0.5) is 4.79 Å². The summed E-state index contributed by atoms with van der Waals surface area (Å²) < 4.78 is 4.91. The van der Waals surface area contributed by atoms with Crippen molar-refractivity contribution >= 4 is 12.0 Å². The number of nitrogens with zero attached hydrogens (tertiary/aromatic N) is 2. The molecule has 1 aliphatic rings. The predicted octanol–water partition coefficient (Wildman–Crippen LogP) is 0.481. The first-order valence-electron chi connectivity index (χ1n) is 5.75. The number of hydrogen-bond acceptors (Lipinski definition) is 3. The number of ether oxygens (including phenoxy) is 1. The number of methoxy groups -OCH3 is 1. The largest absolute Gasteiger partial charge is 0.481 e. The molecule has 1 saturated heterocycles. The number of carbonyl (C=O) groups is 2. The first-order valence-corrected chi connectivity index (χ1v) is 5.75. The van der Waals surface area contributed by atoms with E-state index in [0.29, 0.717) is 26.2 Å². The van der Waals surface area contributed by atoms with E-state index in [4.69, 9.17) is 9.84 Å². The summed E-state index contributed by atoms with van der Waals surface area (Å²) in [6, 6.07) is -0.0464. The summed E-state index contributed by atoms with van der Waals surface area (Å²) in [7, 11) is 3.32. The zero-order valence-corrected chi connectivity index (χ0v) is 10.4. The van der Waals surface area contributed by atoms with Crippen LogP contribution < -0.4 is 0 Å². The quantitative estimate of drug-likeness (QED) is 0.763. The van der Waals surface area contributed by atoms with Crippen LogP contribution in [0.25, 0.3) is 0 Å². The normalized spacial score (nSPS) is 19.4. The van der Waals surface area contributed by atoms with E-state index in [-0.39, 0.29) is 18.4 Å². The Morgan fingerprint density at radius 3 is 2.82 bits per heavy atom. The van der Waals surface area contributed by atoms with Crippen LogP contribution in [0.3, 0.4) is 0 Å². The van der Waals surface area contributed by atoms with Gasteiger partial charge in [0, 0.05) is 40.2 Å². The fraction of sp³-hybridized carbons (Fsp3) is 0.818. The minimum absolute atomic E-state index is 0.0464. The van der Waals surface area contributed by atoms with Gasteiger partial charge in [-0.25, -0.2) is 4.79 Å². The lowest BCUT2D eigenvalue weighted by atomic mass is 10.1. The average molecular weight is 244 g/mol. The molecule has 98 valence electrons. The van der Waals surface area contributed by atoms with Crippen molar-refractivity contribution in [3.63, 3.8) is 0 Å². The molecular weight excluding hydrogens is 224 g/mol. The number of carbonyl (C=O) groups excluding carboxylic acids is 1. The summed E-state index contributed by atoms with van der Waals surface area (Å²) in [5, 5.41) is 8.69. The van der Waals surface area contributed by atoms with Gasteiger partial charge in [-0.05, 0) is 12.3 Å². The van der Waals surface area contributed by atoms with Crippen LogP contribution in [0, 0.1) is 5.92 Å². The van der Waals surface area contributed by atoms with Gasteiger partial charge in [0.15, 0.2) is 0 Å². The zero-order chi connectivity index (χ0) is 12.8. The third-order valence-electron chi connectivity index (χ3n) is 2.98. The van der Waals surface area contributed by atoms with E-state index < -0.39 is 5.97 Å². The molecule has 1 heterocycles. The van der Waals surface area contributed by atoms with Crippen molar-refractivity contribution in [3.8, 4) is 0 Å². The maximum absolute atomic E-state index is 11.9. The van der Waals surface area contributed by atoms with E-state index in [9.17, 15) is 9.59 Å². The average Bonchev–Trinajstić information content (AvgIpc) is 2.72. The molecule has 0 aromatic rings. The summed E-state index contributed by atoms with van der Waals surface area (Å²) in [4.78, 5) is 25.8. The van der Waals surface area contributed by atoms with E-state index in [1.807, 2.05) is 0 Å². The Bertz CT molecular complexity index is 283. The van der Waals surface area contributed by atoms with Crippen LogP contribution >= 0.6 is 0 Å². The van der Waals surface area contributed by atoms with Crippen molar-refractivity contribution in [3.05, 3.63) is 0 Å². The molecule has 1 fully saturated rings. The summed E-state index contributed by atoms with van der Waals surface area (Å²) in [5.41, 5.74) is 0. The van der Waals surface area contributed by atoms with Gasteiger partial charge in [-0.3, -0.25) is 4.79 Å². The molecule has 1 rings (SSSR count). The lowest BCUT2D eigenvalue weighted by Gasteiger charge is -2.24. The summed E-state index contributed by atoms with van der Waals surface area (Å²) in [5.74, 6) is -0.704. The van der Waals surface area contributed by atoms with Gasteiger partial charge in [-0.15, -0.1) is 0 Å². The van der Waals surface area contributed by atoms with E-state index in [1.54, 1.807) is 24.0 Å². The highest BCUT2D eigenvalue weighted by molar-refractivity contribution is 5.74. The fourth-order valence-corrected chi connectivity index (χ4v) is 1.99. The minimum Gasteiger partial charge on any atom is -0.481 e. The number of aliphatic carboxylic acids is 1. The standard InChI is InChI=1S/C11H20N2O4/c1-12(5-6-17-2)11(16)13-4-3-9(8-13)7-10(14)15/h9H,3-8H2,1-2H3,(H,14,15). The Labute approximate surface area is 101 Å². The molecule has 0 spiro atoms. The molecule has 6 heteroatoms. The summed E-state index contributed by atoms with van der Waals surface area (Å²) >= 11 is 0. The molecule has 1 N–H and O–H groups in total. The van der Waals surface area contributed by atoms with Gasteiger partial charge < -0.3 is 19.6 Å². The molecule has 0 aromatic heterocycles. The van der Waals surface area contributed by atoms with Gasteiger partial charge in [0.2, 0.25) is 0 Å². The molecule has 0 aliphatic carbocycles. The smallest absolute Gasteiger partial charge is 0.319 e. The summed E-state index contributed by atoms with van der Waals surface area (Å²) in [6.07, 6.45) is 0.918. The van der Waals surface area contributed by atoms with Gasteiger partial charge in [-0.1, -0.05) is 0 Å². The molecule has 6 nitrogen and oxygen atoms in total. The maximum Gasteiger partial charge on any atom is 0.319 e. The molecular formula is C11H20N2O4. The minimum atomic E-state index is -0.794. The third kappa shape index (κ3) is 4.22. The third-order valence-corrected chi connectivity index (χ3v) is 2.98. The molecule has 0 radical (unpaired) electrons. The molecule has 1 atom stereocenters. The zero-order valence-electron chi connectivity index (χ0n) is 10.4. The second-order valence-electron chi connectivity index (χ2n) is 4.40. The van der Waals surface area contributed by atoms with Crippen molar-refractivity contribution in [2.24, 2.45) is 5.92 Å². The Kier molecular flexibility index (Phi) is 5.21. The molecule has 1 aliphatic heterocycles. The van der Waals surface area contributed by atoms with Crippen molar-refractivity contribution < 1.29 is 19.4 Å². The number of likely N-dealkylation sites (tertiary alicyclic amines) is 1. The molecule has 0 bridgehead atoms. The van der Waals surface area contributed by atoms with Crippen LogP contribution in [-0.4, -0.2) is 67.3 Å². The highest BCUT2D eigenvalue weighted by Crippen LogP contribution is 2.20. The predicted molar refractivity (Wildman–Crippen MR) is 61.8 cm³/mol. The second kappa shape index (κ2) is 6.44. The number of rotatable bonds is 5. The number of hydrogen-bond donors (Lipinski definition) is 1. The first kappa shape index (κ1) is 13.8. The molecule has 1 unspecified atom stereocenters. The topological polar surface area (TPSA) is 70.1 Å². The maximum atomic E-state index is 11.9. The monoisotopic (exact) mass is 244 g/mol. The van der Waals surface area contributed by atoms with Crippen LogP contribution in [0.15, 0.2) is 0 Å². The van der Waals surface area contributed by atoms with Crippen molar-refractivity contribution in [2.45, 2.75) is 12.8 Å². The van der Waals surface area contributed by atoms with Crippen molar-refractivity contribution in [1.29, 1.82) is 0 Å². The fourth-order valence-electron chi connectivity index (χ4n) is 1.99. The highest BCUT2D eigenvalue weighted by Gasteiger charge is 2.29. The number of carboxylic acids is 1. The van der Waals surface area contributed by atoms with Crippen LogP contribution in [0.1, 0.15) is 12.8 Å². The molecule has 17 heavy (non-hydrogen) atoms. The second-order valence-corrected chi connectivity index (χ2v) is 4.40. The van der Waals surface area contributed by atoms with Gasteiger partial charge >= 0.3 is 12.0 Å². The van der Waals surface area contributed by atoms with Gasteiger partial charge in [-0.2, -0.15) is 0 Å². The van der Waals surface area contributed by atoms with Crippen molar-refractivity contribution in [2.75, 3.05) is 40.4 Å². The molecule has 0 saturated carbocycles. The Morgan fingerprint density at radius 2 is 2.24 bits per heavy atom. The van der Waals surface area contributed by atoms with E-state index in [2.05, 4.69) is 0 Å². The van der Waals surface area contributed by atoms with E-state index in [0.717, 1.165) is 6.42 Å². The number of likely N-dealkylation sites (N-methyl/N-ethyl adjacent to an activating group) is 1. The van der Waals surface area contributed by atoms with Crippen LogP contribution in [0.2, 0.25) is 0 Å². The molecule has 0 aromatic carbocycles. The number of carboxylic acid groups (broad SMARTS) is 1. The first-order chi connectivity index (χ1) is 8.04. The van der Waals surface area contributed by atoms with E-state index in [1.165, 1.54) is 0 Å². The molecule has 2 amide bonds. The Balaban J connectivity index is 2.36. The van der Waals surface area contributed by atoms with E-state index >= 15 is 0 Å². The van der Waals surface area contributed by atoms with Crippen LogP contribution in [-0.2, 0) is 9.53 Å². The van der Waals surface area contributed by atoms with Gasteiger partial charge in [0.1, 0.15) is 0 Å². The number of urea groups is 1. The Morgan fingerprint density at radius 1 is 1.53 bits per heavy atom. The lowest BCUT2D eigenvalue weighted by molar-refractivity contribution is -0.138.